The third kappa shape index (κ3) is 3.59. The van der Waals surface area contributed by atoms with Gasteiger partial charge >= 0.3 is 6.03 Å². The van der Waals surface area contributed by atoms with Crippen molar-refractivity contribution in [2.75, 3.05) is 25.0 Å². The average Bonchev–Trinajstić information content (AvgIpc) is 3.26. The lowest BCUT2D eigenvalue weighted by Gasteiger charge is -2.21. The molecule has 2 amide bonds. The number of hydrogen-bond acceptors (Lipinski definition) is 4. The summed E-state index contributed by atoms with van der Waals surface area (Å²) in [7, 11) is 0. The summed E-state index contributed by atoms with van der Waals surface area (Å²) in [5.41, 5.74) is 2.07. The summed E-state index contributed by atoms with van der Waals surface area (Å²) in [6, 6.07) is 4.24. The molecular weight excluding hydrogens is 328 g/mol. The SMILES string of the molecule is CCC1CN(C(=O)NCC(C)C)CC1Nc1c(C#N)cnc2[nH]ccc12. The molecule has 1 aliphatic heterocycles. The Morgan fingerprint density at radius 2 is 2.31 bits per heavy atom. The van der Waals surface area contributed by atoms with Crippen molar-refractivity contribution in [1.82, 2.24) is 20.2 Å². The highest BCUT2D eigenvalue weighted by Gasteiger charge is 2.34. The highest BCUT2D eigenvalue weighted by Crippen LogP contribution is 2.30. The summed E-state index contributed by atoms with van der Waals surface area (Å²) in [6.45, 7) is 8.33. The number of fused-ring (bicyclic) bond motifs is 1. The van der Waals surface area contributed by atoms with E-state index in [4.69, 9.17) is 0 Å². The smallest absolute Gasteiger partial charge is 0.317 e. The van der Waals surface area contributed by atoms with Crippen LogP contribution in [0.5, 0.6) is 0 Å². The normalized spacial score (nSPS) is 19.7. The van der Waals surface area contributed by atoms with E-state index in [0.717, 1.165) is 29.7 Å². The number of amides is 2. The van der Waals surface area contributed by atoms with Crippen LogP contribution in [-0.4, -0.2) is 46.6 Å². The zero-order valence-electron chi connectivity index (χ0n) is 15.5. The molecule has 2 aromatic heterocycles. The van der Waals surface area contributed by atoms with Gasteiger partial charge < -0.3 is 20.5 Å². The van der Waals surface area contributed by atoms with Gasteiger partial charge in [0.15, 0.2) is 0 Å². The van der Waals surface area contributed by atoms with Crippen LogP contribution in [0.4, 0.5) is 10.5 Å². The number of rotatable bonds is 5. The van der Waals surface area contributed by atoms with Crippen molar-refractivity contribution >= 4 is 22.8 Å². The van der Waals surface area contributed by atoms with Crippen LogP contribution in [0.3, 0.4) is 0 Å². The van der Waals surface area contributed by atoms with E-state index in [-0.39, 0.29) is 12.1 Å². The first-order valence-corrected chi connectivity index (χ1v) is 9.19. The quantitative estimate of drug-likeness (QED) is 0.769. The number of carbonyl (C=O) groups excluding carboxylic acids is 1. The highest BCUT2D eigenvalue weighted by molar-refractivity contribution is 5.92. The molecular formula is C19H26N6O. The summed E-state index contributed by atoms with van der Waals surface area (Å²) in [4.78, 5) is 21.7. The number of aromatic amines is 1. The topological polar surface area (TPSA) is 96.8 Å². The van der Waals surface area contributed by atoms with Crippen molar-refractivity contribution in [3.05, 3.63) is 24.0 Å². The second-order valence-electron chi connectivity index (χ2n) is 7.30. The predicted octanol–water partition coefficient (Wildman–Crippen LogP) is 2.92. The maximum Gasteiger partial charge on any atom is 0.317 e. The van der Waals surface area contributed by atoms with Crippen LogP contribution in [0.1, 0.15) is 32.8 Å². The summed E-state index contributed by atoms with van der Waals surface area (Å²) < 4.78 is 0. The van der Waals surface area contributed by atoms with Gasteiger partial charge in [-0.2, -0.15) is 5.26 Å². The fourth-order valence-corrected chi connectivity index (χ4v) is 3.45. The van der Waals surface area contributed by atoms with E-state index < -0.39 is 0 Å². The van der Waals surface area contributed by atoms with Gasteiger partial charge in [0.1, 0.15) is 11.7 Å². The van der Waals surface area contributed by atoms with Crippen molar-refractivity contribution in [3.8, 4) is 6.07 Å². The van der Waals surface area contributed by atoms with E-state index in [1.807, 2.05) is 17.2 Å². The molecule has 1 saturated heterocycles. The first-order valence-electron chi connectivity index (χ1n) is 9.19. The fourth-order valence-electron chi connectivity index (χ4n) is 3.45. The molecule has 1 aliphatic rings. The Bertz CT molecular complexity index is 821. The minimum atomic E-state index is -0.0107. The lowest BCUT2D eigenvalue weighted by atomic mass is 10.00. The first kappa shape index (κ1) is 18.1. The Kier molecular flexibility index (Phi) is 5.31. The van der Waals surface area contributed by atoms with Crippen LogP contribution in [0, 0.1) is 23.2 Å². The molecule has 138 valence electrons. The number of nitriles is 1. The molecule has 7 nitrogen and oxygen atoms in total. The molecule has 3 heterocycles. The van der Waals surface area contributed by atoms with Gasteiger partial charge in [-0.3, -0.25) is 0 Å². The molecule has 2 unspecified atom stereocenters. The van der Waals surface area contributed by atoms with E-state index in [2.05, 4.69) is 47.4 Å². The first-order chi connectivity index (χ1) is 12.5. The third-order valence-electron chi connectivity index (χ3n) is 4.95. The van der Waals surface area contributed by atoms with Crippen LogP contribution in [0.25, 0.3) is 11.0 Å². The summed E-state index contributed by atoms with van der Waals surface area (Å²) in [5, 5.41) is 16.9. The standard InChI is InChI=1S/C19H26N6O/c1-4-13-10-25(19(26)23-8-12(2)3)11-16(13)24-17-14(7-20)9-22-18-15(17)5-6-21-18/h5-6,9,12-13,16H,4,8,10-11H2,1-3H3,(H,23,26)(H2,21,22,24). The van der Waals surface area contributed by atoms with Crippen LogP contribution >= 0.6 is 0 Å². The number of aromatic nitrogens is 2. The van der Waals surface area contributed by atoms with Crippen LogP contribution in [0.2, 0.25) is 0 Å². The van der Waals surface area contributed by atoms with Gasteiger partial charge in [0.05, 0.1) is 11.3 Å². The van der Waals surface area contributed by atoms with Gasteiger partial charge in [-0.15, -0.1) is 0 Å². The number of carbonyl (C=O) groups is 1. The van der Waals surface area contributed by atoms with Crippen LogP contribution < -0.4 is 10.6 Å². The predicted molar refractivity (Wildman–Crippen MR) is 102 cm³/mol. The maximum atomic E-state index is 12.4. The van der Waals surface area contributed by atoms with Gasteiger partial charge in [0.2, 0.25) is 0 Å². The van der Waals surface area contributed by atoms with Crippen molar-refractivity contribution in [2.24, 2.45) is 11.8 Å². The van der Waals surface area contributed by atoms with E-state index in [1.165, 1.54) is 0 Å². The molecule has 0 aliphatic carbocycles. The monoisotopic (exact) mass is 354 g/mol. The second-order valence-corrected chi connectivity index (χ2v) is 7.30. The minimum Gasteiger partial charge on any atom is -0.378 e. The second kappa shape index (κ2) is 7.65. The van der Waals surface area contributed by atoms with Crippen LogP contribution in [0.15, 0.2) is 18.5 Å². The number of urea groups is 1. The van der Waals surface area contributed by atoms with Gasteiger partial charge in [-0.25, -0.2) is 9.78 Å². The zero-order valence-corrected chi connectivity index (χ0v) is 15.5. The molecule has 3 rings (SSSR count). The minimum absolute atomic E-state index is 0.0107. The van der Waals surface area contributed by atoms with E-state index >= 15 is 0 Å². The lowest BCUT2D eigenvalue weighted by Crippen LogP contribution is -2.41. The number of likely N-dealkylation sites (tertiary alicyclic amines) is 1. The maximum absolute atomic E-state index is 12.4. The van der Waals surface area contributed by atoms with E-state index in [1.54, 1.807) is 6.20 Å². The Morgan fingerprint density at radius 3 is 3.00 bits per heavy atom. The van der Waals surface area contributed by atoms with Gasteiger partial charge in [-0.1, -0.05) is 20.8 Å². The molecule has 3 N–H and O–H groups in total. The Morgan fingerprint density at radius 1 is 1.50 bits per heavy atom. The van der Waals surface area contributed by atoms with Crippen molar-refractivity contribution in [1.29, 1.82) is 5.26 Å². The molecule has 0 aromatic carbocycles. The Balaban J connectivity index is 1.78. The molecule has 0 saturated carbocycles. The van der Waals surface area contributed by atoms with Gasteiger partial charge in [-0.05, 0) is 24.3 Å². The van der Waals surface area contributed by atoms with Crippen molar-refractivity contribution in [3.63, 3.8) is 0 Å². The number of nitrogens with one attached hydrogen (secondary N) is 3. The summed E-state index contributed by atoms with van der Waals surface area (Å²) in [5.74, 6) is 0.767. The van der Waals surface area contributed by atoms with E-state index in [9.17, 15) is 10.1 Å². The number of nitrogens with zero attached hydrogens (tertiary/aromatic N) is 3. The number of anilines is 1. The largest absolute Gasteiger partial charge is 0.378 e. The lowest BCUT2D eigenvalue weighted by molar-refractivity contribution is 0.205. The molecule has 2 atom stereocenters. The molecule has 2 aromatic rings. The van der Waals surface area contributed by atoms with Crippen molar-refractivity contribution < 1.29 is 4.79 Å². The number of pyridine rings is 1. The Labute approximate surface area is 153 Å². The van der Waals surface area contributed by atoms with Gasteiger partial charge in [0.25, 0.3) is 0 Å². The molecule has 0 spiro atoms. The van der Waals surface area contributed by atoms with Gasteiger partial charge in [0, 0.05) is 43.5 Å². The van der Waals surface area contributed by atoms with E-state index in [0.29, 0.717) is 30.5 Å². The molecule has 7 heteroatoms. The summed E-state index contributed by atoms with van der Waals surface area (Å²) in [6.07, 6.45) is 4.38. The van der Waals surface area contributed by atoms with Crippen molar-refractivity contribution in [2.45, 2.75) is 33.2 Å². The van der Waals surface area contributed by atoms with Crippen LogP contribution in [-0.2, 0) is 0 Å². The summed E-state index contributed by atoms with van der Waals surface area (Å²) >= 11 is 0. The third-order valence-corrected chi connectivity index (χ3v) is 4.95. The zero-order chi connectivity index (χ0) is 18.7. The Hall–Kier alpha value is -2.75. The molecule has 0 bridgehead atoms. The molecule has 1 fully saturated rings. The number of H-pyrrole nitrogens is 1. The number of hydrogen-bond donors (Lipinski definition) is 3. The molecule has 26 heavy (non-hydrogen) atoms. The molecule has 0 radical (unpaired) electrons. The fraction of sp³-hybridized carbons (Fsp3) is 0.526. The average molecular weight is 354 g/mol. The highest BCUT2D eigenvalue weighted by atomic mass is 16.2.